The number of likely N-dealkylation sites (N-methyl/N-ethyl adjacent to an activating group) is 1. The van der Waals surface area contributed by atoms with Crippen LogP contribution >= 0.6 is 0 Å². The molecule has 0 amide bonds. The van der Waals surface area contributed by atoms with E-state index in [1.807, 2.05) is 0 Å². The van der Waals surface area contributed by atoms with Gasteiger partial charge in [0, 0.05) is 25.7 Å². The summed E-state index contributed by atoms with van der Waals surface area (Å²) in [5, 5.41) is 3.58. The van der Waals surface area contributed by atoms with Crippen molar-refractivity contribution in [1.29, 1.82) is 0 Å². The fourth-order valence-electron chi connectivity index (χ4n) is 2.32. The monoisotopic (exact) mass is 218 g/mol. The highest BCUT2D eigenvalue weighted by Crippen LogP contribution is 2.09. The number of rotatable bonds is 3. The Hall–Kier alpha value is -0.860. The second-order valence-corrected chi connectivity index (χ2v) is 4.79. The van der Waals surface area contributed by atoms with Crippen molar-refractivity contribution in [3.63, 3.8) is 0 Å². The Morgan fingerprint density at radius 3 is 2.56 bits per heavy atom. The lowest BCUT2D eigenvalue weighted by Crippen LogP contribution is -2.49. The largest absolute Gasteiger partial charge is 0.311 e. The fraction of sp³-hybridized carbons (Fsp3) is 0.571. The van der Waals surface area contributed by atoms with E-state index in [0.717, 1.165) is 25.9 Å². The molecule has 2 heteroatoms. The number of hydrogen-bond donors (Lipinski definition) is 1. The number of benzene rings is 1. The SMILES string of the molecule is CCc1ccc(CC2CN(C)CCN2)cc1. The van der Waals surface area contributed by atoms with E-state index in [9.17, 15) is 0 Å². The molecule has 16 heavy (non-hydrogen) atoms. The molecule has 1 N–H and O–H groups in total. The standard InChI is InChI=1S/C14H22N2/c1-3-12-4-6-13(7-5-12)10-14-11-16(2)9-8-15-14/h4-7,14-15H,3,8-11H2,1-2H3. The van der Waals surface area contributed by atoms with Gasteiger partial charge in [-0.05, 0) is 31.0 Å². The maximum atomic E-state index is 3.58. The van der Waals surface area contributed by atoms with Gasteiger partial charge in [0.2, 0.25) is 0 Å². The molecule has 2 nitrogen and oxygen atoms in total. The van der Waals surface area contributed by atoms with Crippen molar-refractivity contribution >= 4 is 0 Å². The molecule has 0 bridgehead atoms. The lowest BCUT2D eigenvalue weighted by molar-refractivity contribution is 0.238. The van der Waals surface area contributed by atoms with Gasteiger partial charge in [0.1, 0.15) is 0 Å². The van der Waals surface area contributed by atoms with Crippen molar-refractivity contribution in [3.05, 3.63) is 35.4 Å². The van der Waals surface area contributed by atoms with Crippen molar-refractivity contribution in [2.75, 3.05) is 26.7 Å². The van der Waals surface area contributed by atoms with E-state index in [4.69, 9.17) is 0 Å². The maximum Gasteiger partial charge on any atom is 0.0235 e. The van der Waals surface area contributed by atoms with Gasteiger partial charge in [0.05, 0.1) is 0 Å². The van der Waals surface area contributed by atoms with Crippen molar-refractivity contribution in [1.82, 2.24) is 10.2 Å². The van der Waals surface area contributed by atoms with Crippen molar-refractivity contribution in [3.8, 4) is 0 Å². The van der Waals surface area contributed by atoms with Gasteiger partial charge in [-0.15, -0.1) is 0 Å². The molecule has 0 radical (unpaired) electrons. The molecule has 1 unspecified atom stereocenters. The lowest BCUT2D eigenvalue weighted by atomic mass is 10.0. The van der Waals surface area contributed by atoms with Gasteiger partial charge in [-0.25, -0.2) is 0 Å². The van der Waals surface area contributed by atoms with Crippen LogP contribution in [-0.4, -0.2) is 37.6 Å². The molecule has 1 fully saturated rings. The summed E-state index contributed by atoms with van der Waals surface area (Å²) in [6.07, 6.45) is 2.28. The lowest BCUT2D eigenvalue weighted by Gasteiger charge is -2.31. The summed E-state index contributed by atoms with van der Waals surface area (Å²) in [5.74, 6) is 0. The highest BCUT2D eigenvalue weighted by Gasteiger charge is 2.16. The Labute approximate surface area is 98.7 Å². The molecule has 1 aromatic rings. The molecule has 0 aliphatic carbocycles. The van der Waals surface area contributed by atoms with Crippen LogP contribution in [0.2, 0.25) is 0 Å². The van der Waals surface area contributed by atoms with Gasteiger partial charge in [0.15, 0.2) is 0 Å². The minimum absolute atomic E-state index is 0.617. The number of nitrogens with one attached hydrogen (secondary N) is 1. The molecule has 1 saturated heterocycles. The van der Waals surface area contributed by atoms with E-state index in [0.29, 0.717) is 6.04 Å². The molecule has 1 aliphatic rings. The summed E-state index contributed by atoms with van der Waals surface area (Å²) in [6.45, 7) is 5.65. The first-order valence-corrected chi connectivity index (χ1v) is 6.27. The summed E-state index contributed by atoms with van der Waals surface area (Å²) >= 11 is 0. The summed E-state index contributed by atoms with van der Waals surface area (Å²) < 4.78 is 0. The topological polar surface area (TPSA) is 15.3 Å². The molecule has 1 atom stereocenters. The van der Waals surface area contributed by atoms with E-state index in [-0.39, 0.29) is 0 Å². The van der Waals surface area contributed by atoms with E-state index in [1.54, 1.807) is 0 Å². The molecule has 1 aromatic carbocycles. The van der Waals surface area contributed by atoms with Crippen LogP contribution in [0.5, 0.6) is 0 Å². The summed E-state index contributed by atoms with van der Waals surface area (Å²) in [6, 6.07) is 9.67. The van der Waals surface area contributed by atoms with Gasteiger partial charge in [0.25, 0.3) is 0 Å². The highest BCUT2D eigenvalue weighted by atomic mass is 15.2. The number of nitrogens with zero attached hydrogens (tertiary/aromatic N) is 1. The minimum atomic E-state index is 0.617. The summed E-state index contributed by atoms with van der Waals surface area (Å²) in [4.78, 5) is 2.40. The van der Waals surface area contributed by atoms with Crippen molar-refractivity contribution in [2.45, 2.75) is 25.8 Å². The Bertz CT molecular complexity index is 318. The zero-order valence-electron chi connectivity index (χ0n) is 10.4. The Morgan fingerprint density at radius 1 is 1.25 bits per heavy atom. The third kappa shape index (κ3) is 3.06. The first-order chi connectivity index (χ1) is 7.78. The van der Waals surface area contributed by atoms with E-state index < -0.39 is 0 Å². The van der Waals surface area contributed by atoms with Crippen LogP contribution in [0, 0.1) is 0 Å². The maximum absolute atomic E-state index is 3.58. The normalized spacial score (nSPS) is 22.2. The average molecular weight is 218 g/mol. The fourth-order valence-corrected chi connectivity index (χ4v) is 2.32. The predicted molar refractivity (Wildman–Crippen MR) is 68.8 cm³/mol. The summed E-state index contributed by atoms with van der Waals surface area (Å²) in [5.41, 5.74) is 2.88. The third-order valence-corrected chi connectivity index (χ3v) is 3.37. The molecule has 0 saturated carbocycles. The van der Waals surface area contributed by atoms with Gasteiger partial charge in [-0.1, -0.05) is 31.2 Å². The molecule has 1 aliphatic heterocycles. The van der Waals surface area contributed by atoms with Crippen LogP contribution in [0.3, 0.4) is 0 Å². The zero-order valence-corrected chi connectivity index (χ0v) is 10.4. The third-order valence-electron chi connectivity index (χ3n) is 3.37. The van der Waals surface area contributed by atoms with Crippen LogP contribution in [0.15, 0.2) is 24.3 Å². The van der Waals surface area contributed by atoms with Gasteiger partial charge in [-0.3, -0.25) is 0 Å². The van der Waals surface area contributed by atoms with Gasteiger partial charge >= 0.3 is 0 Å². The van der Waals surface area contributed by atoms with Gasteiger partial charge < -0.3 is 10.2 Å². The molecule has 2 rings (SSSR count). The summed E-state index contributed by atoms with van der Waals surface area (Å²) in [7, 11) is 2.20. The van der Waals surface area contributed by atoms with E-state index >= 15 is 0 Å². The molecular weight excluding hydrogens is 196 g/mol. The number of aryl methyl sites for hydroxylation is 1. The van der Waals surface area contributed by atoms with Gasteiger partial charge in [-0.2, -0.15) is 0 Å². The second-order valence-electron chi connectivity index (χ2n) is 4.79. The van der Waals surface area contributed by atoms with Crippen LogP contribution in [0.1, 0.15) is 18.1 Å². The average Bonchev–Trinajstić information content (AvgIpc) is 2.30. The first-order valence-electron chi connectivity index (χ1n) is 6.27. The second kappa shape index (κ2) is 5.46. The Kier molecular flexibility index (Phi) is 3.97. The Morgan fingerprint density at radius 2 is 1.94 bits per heavy atom. The van der Waals surface area contributed by atoms with E-state index in [2.05, 4.69) is 48.5 Å². The van der Waals surface area contributed by atoms with E-state index in [1.165, 1.54) is 17.7 Å². The van der Waals surface area contributed by atoms with Crippen LogP contribution in [0.25, 0.3) is 0 Å². The highest BCUT2D eigenvalue weighted by molar-refractivity contribution is 5.23. The Balaban J connectivity index is 1.92. The molecule has 88 valence electrons. The molecule has 1 heterocycles. The van der Waals surface area contributed by atoms with Crippen LogP contribution in [0.4, 0.5) is 0 Å². The minimum Gasteiger partial charge on any atom is -0.311 e. The molecule has 0 spiro atoms. The molecular formula is C14H22N2. The predicted octanol–water partition coefficient (Wildman–Crippen LogP) is 1.70. The van der Waals surface area contributed by atoms with Crippen LogP contribution in [-0.2, 0) is 12.8 Å². The number of hydrogen-bond acceptors (Lipinski definition) is 2. The van der Waals surface area contributed by atoms with Crippen molar-refractivity contribution in [2.24, 2.45) is 0 Å². The quantitative estimate of drug-likeness (QED) is 0.830. The molecule has 0 aromatic heterocycles. The zero-order chi connectivity index (χ0) is 11.4. The smallest absolute Gasteiger partial charge is 0.0235 e. The first kappa shape index (κ1) is 11.6. The van der Waals surface area contributed by atoms with Crippen LogP contribution < -0.4 is 5.32 Å². The number of piperazine rings is 1. The van der Waals surface area contributed by atoms with Crippen molar-refractivity contribution < 1.29 is 0 Å².